The standard InChI is InChI=1S/C27H28N4O2S/c1-20-10-9-19-31(20,26(32)16-8-15-25-28-22-12-3-5-14-24(22)34-25)27(33)29-21-11-2-4-13-23(21)30-17-6-7-18-30/h2-7,11-14,17-18,20H,8-10,15-16,19H2,1H3/p+1/t20-,31?/m1/s1. The van der Waals surface area contributed by atoms with Gasteiger partial charge in [-0.3, -0.25) is 5.32 Å². The molecule has 1 aliphatic rings. The molecule has 2 aromatic heterocycles. The first kappa shape index (κ1) is 22.5. The molecular formula is C27H29N4O2S+. The van der Waals surface area contributed by atoms with E-state index in [0.717, 1.165) is 35.5 Å². The van der Waals surface area contributed by atoms with Gasteiger partial charge in [0.15, 0.2) is 0 Å². The van der Waals surface area contributed by atoms with Crippen LogP contribution in [0.5, 0.6) is 0 Å². The number of para-hydroxylation sites is 3. The largest absolute Gasteiger partial charge is 0.428 e. The Morgan fingerprint density at radius 2 is 1.85 bits per heavy atom. The lowest BCUT2D eigenvalue weighted by molar-refractivity contribution is -0.782. The quantitative estimate of drug-likeness (QED) is 0.341. The highest BCUT2D eigenvalue weighted by Gasteiger charge is 2.52. The Balaban J connectivity index is 1.31. The summed E-state index contributed by atoms with van der Waals surface area (Å²) in [6.45, 7) is 2.58. The van der Waals surface area contributed by atoms with Crippen LogP contribution >= 0.6 is 11.3 Å². The van der Waals surface area contributed by atoms with E-state index in [9.17, 15) is 9.59 Å². The number of benzene rings is 2. The molecular weight excluding hydrogens is 444 g/mol. The number of imide groups is 1. The van der Waals surface area contributed by atoms with E-state index in [4.69, 9.17) is 0 Å². The van der Waals surface area contributed by atoms with Gasteiger partial charge in [0, 0.05) is 25.2 Å². The van der Waals surface area contributed by atoms with Crippen LogP contribution in [0, 0.1) is 0 Å². The number of hydrogen-bond acceptors (Lipinski definition) is 4. The number of hydrogen-bond donors (Lipinski definition) is 1. The Kier molecular flexibility index (Phi) is 6.30. The minimum absolute atomic E-state index is 0.00190. The molecule has 0 aliphatic carbocycles. The van der Waals surface area contributed by atoms with Crippen LogP contribution in [0.3, 0.4) is 0 Å². The monoisotopic (exact) mass is 473 g/mol. The first-order valence-corrected chi connectivity index (χ1v) is 12.7. The third-order valence-corrected chi connectivity index (χ3v) is 7.94. The topological polar surface area (TPSA) is 64.0 Å². The van der Waals surface area contributed by atoms with Crippen LogP contribution in [0.4, 0.5) is 10.5 Å². The zero-order valence-corrected chi connectivity index (χ0v) is 20.1. The summed E-state index contributed by atoms with van der Waals surface area (Å²) in [5.41, 5.74) is 2.60. The van der Waals surface area contributed by atoms with Crippen molar-refractivity contribution < 1.29 is 14.1 Å². The van der Waals surface area contributed by atoms with E-state index in [0.29, 0.717) is 25.1 Å². The lowest BCUT2D eigenvalue weighted by Gasteiger charge is -2.33. The number of carbonyl (C=O) groups excluding carboxylic acids is 2. The fourth-order valence-electron chi connectivity index (χ4n) is 4.99. The average molecular weight is 474 g/mol. The van der Waals surface area contributed by atoms with E-state index >= 15 is 0 Å². The molecule has 1 saturated heterocycles. The van der Waals surface area contributed by atoms with Crippen molar-refractivity contribution >= 4 is 39.2 Å². The van der Waals surface area contributed by atoms with Crippen LogP contribution < -0.4 is 5.32 Å². The second kappa shape index (κ2) is 9.52. The zero-order chi connectivity index (χ0) is 23.5. The number of carbonyl (C=O) groups is 2. The molecule has 3 amide bonds. The number of urea groups is 1. The number of likely N-dealkylation sites (tertiary alicyclic amines) is 1. The van der Waals surface area contributed by atoms with Crippen LogP contribution in [0.25, 0.3) is 15.9 Å². The molecule has 1 N–H and O–H groups in total. The number of anilines is 1. The Morgan fingerprint density at radius 3 is 2.62 bits per heavy atom. The van der Waals surface area contributed by atoms with Crippen molar-refractivity contribution in [3.63, 3.8) is 0 Å². The molecule has 1 unspecified atom stereocenters. The van der Waals surface area contributed by atoms with Gasteiger partial charge < -0.3 is 4.57 Å². The highest BCUT2D eigenvalue weighted by atomic mass is 32.1. The van der Waals surface area contributed by atoms with E-state index in [1.54, 1.807) is 11.3 Å². The number of fused-ring (bicyclic) bond motifs is 1. The smallest absolute Gasteiger partial charge is 0.322 e. The number of rotatable bonds is 6. The molecule has 0 spiro atoms. The molecule has 0 saturated carbocycles. The number of thiazole rings is 1. The molecule has 2 aromatic carbocycles. The lowest BCUT2D eigenvalue weighted by Crippen LogP contribution is -2.60. The van der Waals surface area contributed by atoms with E-state index in [-0.39, 0.29) is 22.5 Å². The van der Waals surface area contributed by atoms with Gasteiger partial charge in [0.2, 0.25) is 0 Å². The van der Waals surface area contributed by atoms with Crippen molar-refractivity contribution in [2.24, 2.45) is 0 Å². The maximum atomic E-state index is 13.7. The molecule has 174 valence electrons. The van der Waals surface area contributed by atoms with E-state index in [2.05, 4.69) is 16.4 Å². The van der Waals surface area contributed by atoms with Crippen molar-refractivity contribution in [3.8, 4) is 5.69 Å². The number of amides is 3. The number of aromatic nitrogens is 2. The van der Waals surface area contributed by atoms with Crippen molar-refractivity contribution in [3.05, 3.63) is 78.1 Å². The average Bonchev–Trinajstić information content (AvgIpc) is 3.59. The second-order valence-electron chi connectivity index (χ2n) is 8.94. The van der Waals surface area contributed by atoms with Crippen molar-refractivity contribution in [2.75, 3.05) is 11.9 Å². The van der Waals surface area contributed by atoms with Gasteiger partial charge in [0.1, 0.15) is 6.04 Å². The van der Waals surface area contributed by atoms with Gasteiger partial charge in [-0.2, -0.15) is 4.48 Å². The second-order valence-corrected chi connectivity index (χ2v) is 10.1. The van der Waals surface area contributed by atoms with E-state index in [1.807, 2.05) is 78.5 Å². The van der Waals surface area contributed by atoms with Crippen LogP contribution in [0.2, 0.25) is 0 Å². The zero-order valence-electron chi connectivity index (χ0n) is 19.3. The third kappa shape index (κ3) is 4.17. The van der Waals surface area contributed by atoms with Gasteiger partial charge in [-0.15, -0.1) is 11.3 Å². The highest BCUT2D eigenvalue weighted by molar-refractivity contribution is 7.18. The van der Waals surface area contributed by atoms with Gasteiger partial charge in [0.25, 0.3) is 0 Å². The molecule has 1 fully saturated rings. The molecule has 0 bridgehead atoms. The number of nitrogens with one attached hydrogen (secondary N) is 1. The predicted octanol–water partition coefficient (Wildman–Crippen LogP) is 6.17. The van der Waals surface area contributed by atoms with Gasteiger partial charge in [-0.05, 0) is 56.2 Å². The summed E-state index contributed by atoms with van der Waals surface area (Å²) >= 11 is 1.68. The normalized spacial score (nSPS) is 20.0. The summed E-state index contributed by atoms with van der Waals surface area (Å²) in [6, 6.07) is 19.4. The first-order chi connectivity index (χ1) is 16.6. The summed E-state index contributed by atoms with van der Waals surface area (Å²) in [5, 5.41) is 4.14. The van der Waals surface area contributed by atoms with Crippen molar-refractivity contribution in [2.45, 2.75) is 45.1 Å². The molecule has 2 atom stereocenters. The van der Waals surface area contributed by atoms with Crippen molar-refractivity contribution in [1.82, 2.24) is 9.55 Å². The fraction of sp³-hybridized carbons (Fsp3) is 0.296. The molecule has 4 aromatic rings. The Morgan fingerprint density at radius 1 is 1.09 bits per heavy atom. The number of nitrogens with zero attached hydrogens (tertiary/aromatic N) is 3. The highest BCUT2D eigenvalue weighted by Crippen LogP contribution is 2.32. The van der Waals surface area contributed by atoms with Gasteiger partial charge >= 0.3 is 11.9 Å². The fourth-order valence-corrected chi connectivity index (χ4v) is 6.00. The van der Waals surface area contributed by atoms with Gasteiger partial charge in [0.05, 0.1) is 39.6 Å². The van der Waals surface area contributed by atoms with E-state index in [1.165, 1.54) is 4.70 Å². The van der Waals surface area contributed by atoms with E-state index < -0.39 is 0 Å². The Hall–Kier alpha value is -3.29. The van der Waals surface area contributed by atoms with Crippen LogP contribution in [0.15, 0.2) is 73.1 Å². The molecule has 7 heteroatoms. The van der Waals surface area contributed by atoms with Gasteiger partial charge in [-0.1, -0.05) is 24.3 Å². The molecule has 0 radical (unpaired) electrons. The minimum Gasteiger partial charge on any atom is -0.322 e. The first-order valence-electron chi connectivity index (χ1n) is 11.9. The SMILES string of the molecule is C[C@@H]1CCC[N+]1(C(=O)CCCc1nc2ccccc2s1)C(=O)Nc1ccccc1-n1cccc1. The van der Waals surface area contributed by atoms with Crippen molar-refractivity contribution in [1.29, 1.82) is 0 Å². The summed E-state index contributed by atoms with van der Waals surface area (Å²) in [6.07, 6.45) is 7.44. The molecule has 6 nitrogen and oxygen atoms in total. The lowest BCUT2D eigenvalue weighted by atomic mass is 10.1. The Bertz CT molecular complexity index is 1280. The maximum Gasteiger partial charge on any atom is 0.428 e. The summed E-state index contributed by atoms with van der Waals surface area (Å²) in [7, 11) is 0. The third-order valence-electron chi connectivity index (χ3n) is 6.84. The summed E-state index contributed by atoms with van der Waals surface area (Å²) < 4.78 is 3.01. The maximum absolute atomic E-state index is 13.7. The molecule has 34 heavy (non-hydrogen) atoms. The summed E-state index contributed by atoms with van der Waals surface area (Å²) in [5.74, 6) is 0.00190. The molecule has 5 rings (SSSR count). The summed E-state index contributed by atoms with van der Waals surface area (Å²) in [4.78, 5) is 31.9. The number of aryl methyl sites for hydroxylation is 1. The Labute approximate surface area is 203 Å². The number of quaternary nitrogens is 1. The minimum atomic E-state index is -0.227. The predicted molar refractivity (Wildman–Crippen MR) is 136 cm³/mol. The van der Waals surface area contributed by atoms with Gasteiger partial charge in [-0.25, -0.2) is 14.6 Å². The molecule has 1 aliphatic heterocycles. The van der Waals surface area contributed by atoms with Crippen LogP contribution in [0.1, 0.15) is 37.6 Å². The molecule has 3 heterocycles. The van der Waals surface area contributed by atoms with Crippen LogP contribution in [-0.4, -0.2) is 38.6 Å². The van der Waals surface area contributed by atoms with Crippen LogP contribution in [-0.2, 0) is 11.2 Å².